The third-order valence-corrected chi connectivity index (χ3v) is 14.6. The van der Waals surface area contributed by atoms with Crippen LogP contribution in [-0.4, -0.2) is 37.2 Å². The van der Waals surface area contributed by atoms with Gasteiger partial charge < -0.3 is 14.2 Å². The van der Waals surface area contributed by atoms with Crippen molar-refractivity contribution < 1.29 is 28.6 Å². The molecule has 0 spiro atoms. The summed E-state index contributed by atoms with van der Waals surface area (Å²) in [6, 6.07) is 0. The molecule has 0 fully saturated rings. The van der Waals surface area contributed by atoms with Crippen LogP contribution in [0.2, 0.25) is 0 Å². The summed E-state index contributed by atoms with van der Waals surface area (Å²) in [5, 5.41) is 0. The number of rotatable bonds is 61. The van der Waals surface area contributed by atoms with Gasteiger partial charge >= 0.3 is 17.9 Å². The Morgan fingerprint density at radius 1 is 0.266 bits per heavy atom. The molecule has 0 heterocycles. The van der Waals surface area contributed by atoms with E-state index in [-0.39, 0.29) is 31.1 Å². The van der Waals surface area contributed by atoms with Gasteiger partial charge in [-0.3, -0.25) is 14.4 Å². The molecular weight excluding hydrogens is 973 g/mol. The van der Waals surface area contributed by atoms with Gasteiger partial charge in [-0.05, 0) is 103 Å². The second-order valence-electron chi connectivity index (χ2n) is 22.4. The minimum absolute atomic E-state index is 0.0901. The Kier molecular flexibility index (Phi) is 63.7. The molecule has 0 rings (SSSR count). The molecule has 0 aromatic rings. The molecular formula is C73H126O6. The Balaban J connectivity index is 4.41. The molecule has 0 saturated carbocycles. The van der Waals surface area contributed by atoms with Crippen LogP contribution in [-0.2, 0) is 28.6 Å². The zero-order chi connectivity index (χ0) is 57.1. The highest BCUT2D eigenvalue weighted by molar-refractivity contribution is 5.71. The molecule has 0 aromatic carbocycles. The number of carbonyl (C=O) groups excluding carboxylic acids is 3. The average Bonchev–Trinajstić information content (AvgIpc) is 3.45. The molecule has 79 heavy (non-hydrogen) atoms. The van der Waals surface area contributed by atoms with Crippen molar-refractivity contribution in [2.75, 3.05) is 13.2 Å². The van der Waals surface area contributed by atoms with Gasteiger partial charge in [-0.2, -0.15) is 0 Å². The van der Waals surface area contributed by atoms with Crippen molar-refractivity contribution in [3.63, 3.8) is 0 Å². The smallest absolute Gasteiger partial charge is 0.306 e. The van der Waals surface area contributed by atoms with E-state index in [1.165, 1.54) is 173 Å². The molecule has 0 aliphatic heterocycles. The molecule has 6 nitrogen and oxygen atoms in total. The van der Waals surface area contributed by atoms with Gasteiger partial charge in [0.05, 0.1) is 0 Å². The van der Waals surface area contributed by atoms with Crippen LogP contribution in [0.5, 0.6) is 0 Å². The second kappa shape index (κ2) is 66.8. The van der Waals surface area contributed by atoms with Crippen molar-refractivity contribution in [1.82, 2.24) is 0 Å². The van der Waals surface area contributed by atoms with Crippen molar-refractivity contribution in [3.8, 4) is 0 Å². The Labute approximate surface area is 489 Å². The van der Waals surface area contributed by atoms with Crippen LogP contribution in [0.25, 0.3) is 0 Å². The molecule has 454 valence electrons. The quantitative estimate of drug-likeness (QED) is 0.0261. The number of hydrogen-bond donors (Lipinski definition) is 0. The zero-order valence-corrected chi connectivity index (χ0v) is 52.1. The maximum Gasteiger partial charge on any atom is 0.306 e. The summed E-state index contributed by atoms with van der Waals surface area (Å²) in [7, 11) is 0. The van der Waals surface area contributed by atoms with Crippen LogP contribution < -0.4 is 0 Å². The monoisotopic (exact) mass is 1100 g/mol. The van der Waals surface area contributed by atoms with Crippen LogP contribution in [0.4, 0.5) is 0 Å². The fourth-order valence-electron chi connectivity index (χ4n) is 9.54. The molecule has 0 aliphatic carbocycles. The van der Waals surface area contributed by atoms with E-state index in [9.17, 15) is 14.4 Å². The van der Waals surface area contributed by atoms with Gasteiger partial charge in [0, 0.05) is 19.3 Å². The highest BCUT2D eigenvalue weighted by atomic mass is 16.6. The van der Waals surface area contributed by atoms with Crippen molar-refractivity contribution in [3.05, 3.63) is 97.2 Å². The Bertz CT molecular complexity index is 1540. The third-order valence-electron chi connectivity index (χ3n) is 14.6. The molecule has 0 saturated heterocycles. The average molecular weight is 1100 g/mol. The van der Waals surface area contributed by atoms with E-state index in [4.69, 9.17) is 14.2 Å². The lowest BCUT2D eigenvalue weighted by molar-refractivity contribution is -0.167. The molecule has 0 aromatic heterocycles. The van der Waals surface area contributed by atoms with Gasteiger partial charge in [0.2, 0.25) is 0 Å². The summed E-state index contributed by atoms with van der Waals surface area (Å²) in [4.78, 5) is 38.4. The fourth-order valence-corrected chi connectivity index (χ4v) is 9.54. The van der Waals surface area contributed by atoms with E-state index in [0.29, 0.717) is 19.3 Å². The largest absolute Gasteiger partial charge is 0.462 e. The highest BCUT2D eigenvalue weighted by Crippen LogP contribution is 2.17. The maximum absolute atomic E-state index is 12.9. The standard InChI is InChI=1S/C73H126O6/c1-4-7-10-13-16-19-22-25-28-30-32-34-35-36-37-39-40-42-45-48-51-54-57-60-63-66-72(75)78-69-70(68-77-71(74)65-62-59-56-53-50-47-44-27-24-21-18-15-12-9-6-3)79-73(76)67-64-61-58-55-52-49-46-43-41-38-33-31-29-26-23-20-17-14-11-8-5-2/h7,10,16,19,25,27-28,32,34,36-37,40,42,44,48,51,70H,4-6,8-9,11-15,17-18,20-24,26,29-31,33,35,38-39,41,43,45-47,49-50,52-69H2,1-3H3/b10-7-,19-16-,28-25-,34-32-,37-36-,42-40-,44-27-,51-48-. The van der Waals surface area contributed by atoms with Crippen LogP contribution in [0.15, 0.2) is 97.2 Å². The molecule has 0 N–H and O–H groups in total. The van der Waals surface area contributed by atoms with Crippen LogP contribution in [0.3, 0.4) is 0 Å². The summed E-state index contributed by atoms with van der Waals surface area (Å²) in [5.74, 6) is -0.917. The summed E-state index contributed by atoms with van der Waals surface area (Å²) in [5.41, 5.74) is 0. The van der Waals surface area contributed by atoms with Crippen molar-refractivity contribution >= 4 is 17.9 Å². The van der Waals surface area contributed by atoms with Crippen molar-refractivity contribution in [2.45, 2.75) is 335 Å². The first kappa shape index (κ1) is 75.3. The SMILES string of the molecule is CC/C=C\C/C=C\C/C=C\C/C=C\C/C=C\C/C=C\C/C=C\CCCCCC(=O)OCC(COC(=O)CCCCCCC/C=C\CCCCCCCC)OC(=O)CCCCCCCCCCCCCCCCCCCCCCC. The number of allylic oxidation sites excluding steroid dienone is 16. The molecule has 0 aliphatic rings. The molecule has 0 amide bonds. The van der Waals surface area contributed by atoms with E-state index in [1.807, 2.05) is 0 Å². The van der Waals surface area contributed by atoms with Gasteiger partial charge in [0.25, 0.3) is 0 Å². The van der Waals surface area contributed by atoms with Gasteiger partial charge in [-0.25, -0.2) is 0 Å². The maximum atomic E-state index is 12.9. The molecule has 0 radical (unpaired) electrons. The number of ether oxygens (including phenoxy) is 3. The van der Waals surface area contributed by atoms with Gasteiger partial charge in [0.15, 0.2) is 6.10 Å². The minimum atomic E-state index is -0.796. The Hall–Kier alpha value is -3.67. The predicted molar refractivity (Wildman–Crippen MR) is 344 cm³/mol. The Morgan fingerprint density at radius 2 is 0.494 bits per heavy atom. The van der Waals surface area contributed by atoms with Gasteiger partial charge in [-0.15, -0.1) is 0 Å². The Morgan fingerprint density at radius 3 is 0.797 bits per heavy atom. The zero-order valence-electron chi connectivity index (χ0n) is 52.1. The topological polar surface area (TPSA) is 78.9 Å². The lowest BCUT2D eigenvalue weighted by Crippen LogP contribution is -2.30. The van der Waals surface area contributed by atoms with Crippen molar-refractivity contribution in [1.29, 1.82) is 0 Å². The predicted octanol–water partition coefficient (Wildman–Crippen LogP) is 23.2. The molecule has 1 atom stereocenters. The van der Waals surface area contributed by atoms with E-state index in [1.54, 1.807) is 0 Å². The highest BCUT2D eigenvalue weighted by Gasteiger charge is 2.19. The van der Waals surface area contributed by atoms with E-state index < -0.39 is 6.10 Å². The molecule has 0 bridgehead atoms. The van der Waals surface area contributed by atoms with E-state index >= 15 is 0 Å². The second-order valence-corrected chi connectivity index (χ2v) is 22.4. The van der Waals surface area contributed by atoms with E-state index in [2.05, 4.69) is 118 Å². The number of carbonyl (C=O) groups is 3. The summed E-state index contributed by atoms with van der Waals surface area (Å²) in [6.45, 7) is 6.53. The molecule has 6 heteroatoms. The minimum Gasteiger partial charge on any atom is -0.462 e. The van der Waals surface area contributed by atoms with Crippen LogP contribution in [0.1, 0.15) is 329 Å². The summed E-state index contributed by atoms with van der Waals surface area (Å²) >= 11 is 0. The fraction of sp³-hybridized carbons (Fsp3) is 0.740. The van der Waals surface area contributed by atoms with Crippen LogP contribution in [0, 0.1) is 0 Å². The number of unbranched alkanes of at least 4 members (excludes halogenated alkanes) is 34. The van der Waals surface area contributed by atoms with Crippen molar-refractivity contribution in [2.24, 2.45) is 0 Å². The summed E-state index contributed by atoms with van der Waals surface area (Å²) < 4.78 is 16.9. The first-order chi connectivity index (χ1) is 39.0. The lowest BCUT2D eigenvalue weighted by Gasteiger charge is -2.18. The third kappa shape index (κ3) is 65.0. The van der Waals surface area contributed by atoms with E-state index in [0.717, 1.165) is 116 Å². The van der Waals surface area contributed by atoms with Gasteiger partial charge in [0.1, 0.15) is 13.2 Å². The number of hydrogen-bond acceptors (Lipinski definition) is 6. The first-order valence-electron chi connectivity index (χ1n) is 33.7. The number of esters is 3. The van der Waals surface area contributed by atoms with Crippen LogP contribution >= 0.6 is 0 Å². The lowest BCUT2D eigenvalue weighted by atomic mass is 10.0. The first-order valence-corrected chi connectivity index (χ1v) is 33.7. The normalized spacial score (nSPS) is 12.7. The van der Waals surface area contributed by atoms with Gasteiger partial charge in [-0.1, -0.05) is 304 Å². The summed E-state index contributed by atoms with van der Waals surface area (Å²) in [6.07, 6.45) is 89.9. The molecule has 1 unspecified atom stereocenters.